The Morgan fingerprint density at radius 3 is 2.45 bits per heavy atom. The quantitative estimate of drug-likeness (QED) is 0.118. The van der Waals surface area contributed by atoms with Gasteiger partial charge in [0.05, 0.1) is 13.2 Å². The van der Waals surface area contributed by atoms with Gasteiger partial charge in [-0.25, -0.2) is 19.6 Å². The van der Waals surface area contributed by atoms with Gasteiger partial charge in [0, 0.05) is 17.2 Å². The molecule has 1 fully saturated rings. The van der Waals surface area contributed by atoms with Gasteiger partial charge in [-0.15, -0.1) is 0 Å². The Hall–Kier alpha value is -4.17. The first kappa shape index (κ1) is 30.4. The van der Waals surface area contributed by atoms with Gasteiger partial charge in [0.2, 0.25) is 5.89 Å². The summed E-state index contributed by atoms with van der Waals surface area (Å²) < 4.78 is 69.1. The maximum Gasteiger partial charge on any atom is 0.387 e. The van der Waals surface area contributed by atoms with Crippen molar-refractivity contribution >= 4 is 11.8 Å². The highest BCUT2D eigenvalue weighted by Crippen LogP contribution is 2.36. The number of nitrogens with one attached hydrogen (secondary N) is 2. The molecule has 14 heteroatoms. The number of alkyl halides is 2. The lowest BCUT2D eigenvalue weighted by atomic mass is 10.0. The normalized spacial score (nSPS) is 13.2. The lowest BCUT2D eigenvalue weighted by Gasteiger charge is -2.17. The van der Waals surface area contributed by atoms with Gasteiger partial charge in [0.25, 0.3) is 11.8 Å². The van der Waals surface area contributed by atoms with E-state index in [1.807, 2.05) is 19.3 Å². The highest BCUT2D eigenvalue weighted by Gasteiger charge is 2.29. The third-order valence-electron chi connectivity index (χ3n) is 5.63. The van der Waals surface area contributed by atoms with E-state index in [4.69, 9.17) is 20.7 Å². The van der Waals surface area contributed by atoms with Crippen LogP contribution < -0.4 is 31.8 Å². The van der Waals surface area contributed by atoms with Crippen molar-refractivity contribution in [3.05, 3.63) is 65.1 Å². The number of oxazole rings is 1. The zero-order valence-electron chi connectivity index (χ0n) is 21.7. The summed E-state index contributed by atoms with van der Waals surface area (Å²) in [5.74, 6) is 1.20. The molecule has 40 heavy (non-hydrogen) atoms. The van der Waals surface area contributed by atoms with Gasteiger partial charge < -0.3 is 24.9 Å². The number of aromatic nitrogens is 1. The van der Waals surface area contributed by atoms with Crippen molar-refractivity contribution in [2.75, 3.05) is 6.61 Å². The van der Waals surface area contributed by atoms with E-state index in [0.717, 1.165) is 25.0 Å². The van der Waals surface area contributed by atoms with E-state index in [-0.39, 0.29) is 46.5 Å². The summed E-state index contributed by atoms with van der Waals surface area (Å²) in [4.78, 5) is 29.5. The predicted octanol–water partition coefficient (Wildman–Crippen LogP) is 3.96. The molecule has 1 atom stereocenters. The molecule has 1 aliphatic rings. The lowest BCUT2D eigenvalue weighted by Crippen LogP contribution is -2.43. The van der Waals surface area contributed by atoms with Crippen LogP contribution in [0.2, 0.25) is 0 Å². The van der Waals surface area contributed by atoms with Crippen LogP contribution in [0.1, 0.15) is 54.5 Å². The number of carbonyl (C=O) groups excluding carboxylic acids is 2. The van der Waals surface area contributed by atoms with Crippen LogP contribution in [-0.2, 0) is 11.3 Å². The van der Waals surface area contributed by atoms with E-state index >= 15 is 0 Å². The molecule has 0 radical (unpaired) electrons. The molecule has 1 aromatic heterocycles. The number of nitrogens with two attached hydrogens (primary N) is 2. The highest BCUT2D eigenvalue weighted by atomic mass is 19.3. The number of amides is 2. The molecule has 216 valence electrons. The zero-order chi connectivity index (χ0) is 29.4. The van der Waals surface area contributed by atoms with E-state index in [2.05, 4.69) is 15.0 Å². The highest BCUT2D eigenvalue weighted by molar-refractivity contribution is 5.97. The topological polar surface area (TPSA) is 155 Å². The maximum atomic E-state index is 14.4. The van der Waals surface area contributed by atoms with E-state index in [1.165, 1.54) is 18.2 Å². The van der Waals surface area contributed by atoms with Crippen LogP contribution in [0.5, 0.6) is 11.5 Å². The van der Waals surface area contributed by atoms with E-state index < -0.39 is 36.1 Å². The second-order valence-electron chi connectivity index (χ2n) is 8.37. The van der Waals surface area contributed by atoms with Crippen LogP contribution in [0, 0.1) is 17.6 Å². The first-order chi connectivity index (χ1) is 19.2. The number of hydrogen-bond acceptors (Lipinski definition) is 8. The minimum Gasteiger partial charge on any atom is -0.489 e. The van der Waals surface area contributed by atoms with Crippen molar-refractivity contribution < 1.29 is 41.0 Å². The molecule has 10 nitrogen and oxygen atoms in total. The van der Waals surface area contributed by atoms with Gasteiger partial charge in [0.1, 0.15) is 17.7 Å². The Kier molecular flexibility index (Phi) is 10.4. The fraction of sp³-hybridized carbons (Fsp3) is 0.346. The number of halogens is 4. The summed E-state index contributed by atoms with van der Waals surface area (Å²) in [6.07, 6.45) is 1.93. The molecule has 1 heterocycles. The molecule has 1 aliphatic carbocycles. The van der Waals surface area contributed by atoms with Crippen molar-refractivity contribution in [1.82, 2.24) is 15.7 Å². The molecule has 0 aliphatic heterocycles. The molecule has 6 N–H and O–H groups in total. The third-order valence-corrected chi connectivity index (χ3v) is 5.63. The van der Waals surface area contributed by atoms with Gasteiger partial charge in [-0.05, 0) is 43.0 Å². The van der Waals surface area contributed by atoms with Crippen LogP contribution in [-0.4, -0.2) is 30.0 Å². The molecule has 0 saturated heterocycles. The van der Waals surface area contributed by atoms with Gasteiger partial charge in [0.15, 0.2) is 23.0 Å². The van der Waals surface area contributed by atoms with Crippen LogP contribution in [0.25, 0.3) is 11.5 Å². The molecule has 4 rings (SSSR count). The summed E-state index contributed by atoms with van der Waals surface area (Å²) in [6.45, 7) is 0.946. The molecule has 1 unspecified atom stereocenters. The van der Waals surface area contributed by atoms with E-state index in [1.54, 1.807) is 0 Å². The number of rotatable bonds is 11. The van der Waals surface area contributed by atoms with Crippen LogP contribution in [0.4, 0.5) is 17.6 Å². The van der Waals surface area contributed by atoms with Crippen molar-refractivity contribution in [3.63, 3.8) is 0 Å². The molecule has 1 saturated carbocycles. The Morgan fingerprint density at radius 1 is 1.12 bits per heavy atom. The number of nitrogens with zero attached hydrogens (tertiary/aromatic N) is 1. The summed E-state index contributed by atoms with van der Waals surface area (Å²) >= 11 is 0. The number of ether oxygens (including phenoxy) is 2. The van der Waals surface area contributed by atoms with E-state index in [0.29, 0.717) is 18.6 Å². The fourth-order valence-electron chi connectivity index (χ4n) is 3.53. The average Bonchev–Trinajstić information content (AvgIpc) is 3.67. The Balaban J connectivity index is 0.00000216. The second-order valence-corrected chi connectivity index (χ2v) is 8.37. The first-order valence-corrected chi connectivity index (χ1v) is 12.4. The summed E-state index contributed by atoms with van der Waals surface area (Å²) in [5, 5.41) is 2.28. The summed E-state index contributed by atoms with van der Waals surface area (Å²) in [7, 11) is 0. The largest absolute Gasteiger partial charge is 0.489 e. The molecule has 0 bridgehead atoms. The van der Waals surface area contributed by atoms with Crippen molar-refractivity contribution in [2.45, 2.75) is 45.9 Å². The van der Waals surface area contributed by atoms with Crippen LogP contribution >= 0.6 is 0 Å². The fourth-order valence-corrected chi connectivity index (χ4v) is 3.53. The smallest absolute Gasteiger partial charge is 0.387 e. The second kappa shape index (κ2) is 13.8. The minimum atomic E-state index is -3.07. The van der Waals surface area contributed by atoms with Crippen molar-refractivity contribution in [1.29, 1.82) is 0 Å². The van der Waals surface area contributed by atoms with Gasteiger partial charge in [-0.3, -0.25) is 15.0 Å². The lowest BCUT2D eigenvalue weighted by molar-refractivity contribution is -0.123. The SMILES string of the molecule is CC.NCc1oc(-c2ccc(OC(F)F)c(OCC3CC3)c2)nc1C(=O)NC(C(=O)NN)c1ccc(F)cc1F. The summed E-state index contributed by atoms with van der Waals surface area (Å²) in [6, 6.07) is 4.77. The van der Waals surface area contributed by atoms with Crippen LogP contribution in [0.15, 0.2) is 40.8 Å². The molecule has 3 aromatic rings. The molecule has 0 spiro atoms. The Labute approximate surface area is 227 Å². The zero-order valence-corrected chi connectivity index (χ0v) is 21.7. The summed E-state index contributed by atoms with van der Waals surface area (Å²) in [5.41, 5.74) is 7.09. The average molecular weight is 568 g/mol. The van der Waals surface area contributed by atoms with Gasteiger partial charge >= 0.3 is 6.61 Å². The van der Waals surface area contributed by atoms with Crippen molar-refractivity contribution in [3.8, 4) is 23.0 Å². The van der Waals surface area contributed by atoms with Crippen LogP contribution in [0.3, 0.4) is 0 Å². The standard InChI is InChI=1S/C24H23F4N5O5.C2H6/c25-13-4-5-14(15(26)8-13)19(22(35)33-30)31-21(34)20-18(9-29)37-23(32-20)12-3-6-16(38-24(27)28)17(7-12)36-10-11-1-2-11;1-2/h3-8,11,19,24H,1-2,9-10,29-30H2,(H,31,34)(H,33,35);1-2H3. The molecular weight excluding hydrogens is 538 g/mol. The monoisotopic (exact) mass is 567 g/mol. The third kappa shape index (κ3) is 7.48. The minimum absolute atomic E-state index is 0.0275. The predicted molar refractivity (Wildman–Crippen MR) is 135 cm³/mol. The molecular formula is C26H29F4N5O5. The number of benzene rings is 2. The Morgan fingerprint density at radius 2 is 1.85 bits per heavy atom. The van der Waals surface area contributed by atoms with Gasteiger partial charge in [-0.2, -0.15) is 8.78 Å². The number of carbonyl (C=O) groups is 2. The Bertz CT molecular complexity index is 1330. The number of hydrazine groups is 1. The molecule has 2 aromatic carbocycles. The molecule has 2 amide bonds. The number of hydrogen-bond donors (Lipinski definition) is 4. The van der Waals surface area contributed by atoms with Gasteiger partial charge in [-0.1, -0.05) is 19.9 Å². The maximum absolute atomic E-state index is 14.4. The first-order valence-electron chi connectivity index (χ1n) is 12.4. The van der Waals surface area contributed by atoms with E-state index in [9.17, 15) is 27.2 Å². The van der Waals surface area contributed by atoms with Crippen molar-refractivity contribution in [2.24, 2.45) is 17.5 Å².